The number of nitrogens with zero attached hydrogens (tertiary/aromatic N) is 5. The average Bonchev–Trinajstić information content (AvgIpc) is 3.33. The fraction of sp³-hybridized carbons (Fsp3) is 0.368. The number of carbonyl (C=O) groups is 1. The van der Waals surface area contributed by atoms with Crippen molar-refractivity contribution in [1.82, 2.24) is 29.8 Å². The maximum Gasteiger partial charge on any atom is 0.318 e. The smallest absolute Gasteiger partial charge is 0.318 e. The monoisotopic (exact) mass is 364 g/mol. The third-order valence-electron chi connectivity index (χ3n) is 5.44. The standard InChI is InChI=1S/C19H20N6O2/c1-27-14-4-3-13-11-24(12-19(5-6-19)15(13)9-14)18(26)21-10-16-22-17-20-7-2-8-25(17)23-16/h2-4,7-9H,5-6,10-12H2,1H3,(H,21,26). The molecular weight excluding hydrogens is 344 g/mol. The first-order chi connectivity index (χ1) is 13.2. The number of urea groups is 1. The second-order valence-electron chi connectivity index (χ2n) is 7.21. The molecule has 3 heterocycles. The maximum absolute atomic E-state index is 12.7. The predicted octanol–water partition coefficient (Wildman–Crippen LogP) is 1.89. The number of benzene rings is 1. The van der Waals surface area contributed by atoms with Crippen LogP contribution in [0.3, 0.4) is 0 Å². The largest absolute Gasteiger partial charge is 0.497 e. The molecule has 1 spiro atoms. The van der Waals surface area contributed by atoms with Gasteiger partial charge in [0.1, 0.15) is 5.75 Å². The van der Waals surface area contributed by atoms with E-state index in [-0.39, 0.29) is 18.0 Å². The Morgan fingerprint density at radius 1 is 1.37 bits per heavy atom. The summed E-state index contributed by atoms with van der Waals surface area (Å²) in [7, 11) is 1.69. The van der Waals surface area contributed by atoms with Gasteiger partial charge < -0.3 is 15.0 Å². The van der Waals surface area contributed by atoms with Crippen molar-refractivity contribution in [2.24, 2.45) is 0 Å². The van der Waals surface area contributed by atoms with E-state index in [0.29, 0.717) is 18.1 Å². The van der Waals surface area contributed by atoms with Crippen LogP contribution in [-0.4, -0.2) is 44.2 Å². The summed E-state index contributed by atoms with van der Waals surface area (Å²) in [6, 6.07) is 7.87. The zero-order valence-corrected chi connectivity index (χ0v) is 15.1. The van der Waals surface area contributed by atoms with Gasteiger partial charge in [-0.2, -0.15) is 4.98 Å². The van der Waals surface area contributed by atoms with Crippen molar-refractivity contribution >= 4 is 11.8 Å². The van der Waals surface area contributed by atoms with E-state index < -0.39 is 0 Å². The van der Waals surface area contributed by atoms with E-state index in [1.807, 2.05) is 11.0 Å². The Bertz CT molecular complexity index is 993. The molecule has 0 atom stereocenters. The highest BCUT2D eigenvalue weighted by Crippen LogP contribution is 2.53. The molecule has 1 aliphatic carbocycles. The lowest BCUT2D eigenvalue weighted by atomic mass is 9.87. The molecule has 138 valence electrons. The van der Waals surface area contributed by atoms with E-state index in [1.165, 1.54) is 11.1 Å². The lowest BCUT2D eigenvalue weighted by Gasteiger charge is -2.35. The van der Waals surface area contributed by atoms with Crippen molar-refractivity contribution in [2.45, 2.75) is 31.3 Å². The van der Waals surface area contributed by atoms with Crippen LogP contribution in [0, 0.1) is 0 Å². The van der Waals surface area contributed by atoms with Crippen molar-refractivity contribution in [3.63, 3.8) is 0 Å². The van der Waals surface area contributed by atoms with Gasteiger partial charge in [0.05, 0.1) is 13.7 Å². The molecule has 1 aliphatic heterocycles. The average molecular weight is 364 g/mol. The predicted molar refractivity (Wildman–Crippen MR) is 97.3 cm³/mol. The summed E-state index contributed by atoms with van der Waals surface area (Å²) in [6.07, 6.45) is 5.67. The summed E-state index contributed by atoms with van der Waals surface area (Å²) in [5.74, 6) is 1.95. The molecule has 8 heteroatoms. The normalized spacial score (nSPS) is 17.0. The Balaban J connectivity index is 1.31. The highest BCUT2D eigenvalue weighted by Gasteiger charge is 2.50. The Labute approximate surface area is 156 Å². The third kappa shape index (κ3) is 2.77. The third-order valence-corrected chi connectivity index (χ3v) is 5.44. The molecule has 1 aromatic carbocycles. The van der Waals surface area contributed by atoms with Crippen molar-refractivity contribution < 1.29 is 9.53 Å². The molecule has 0 radical (unpaired) electrons. The second-order valence-corrected chi connectivity index (χ2v) is 7.21. The van der Waals surface area contributed by atoms with Gasteiger partial charge in [-0.05, 0) is 42.2 Å². The molecule has 0 bridgehead atoms. The molecule has 1 saturated carbocycles. The van der Waals surface area contributed by atoms with Crippen LogP contribution in [0.2, 0.25) is 0 Å². The van der Waals surface area contributed by atoms with Crippen LogP contribution in [0.15, 0.2) is 36.7 Å². The fourth-order valence-corrected chi connectivity index (χ4v) is 3.87. The minimum absolute atomic E-state index is 0.0880. The van der Waals surface area contributed by atoms with E-state index >= 15 is 0 Å². The maximum atomic E-state index is 12.7. The summed E-state index contributed by atoms with van der Waals surface area (Å²) in [5, 5.41) is 7.27. The number of ether oxygens (including phenoxy) is 1. The number of rotatable bonds is 3. The van der Waals surface area contributed by atoms with Gasteiger partial charge >= 0.3 is 6.03 Å². The highest BCUT2D eigenvalue weighted by atomic mass is 16.5. The number of aromatic nitrogens is 4. The Hall–Kier alpha value is -3.16. The Morgan fingerprint density at radius 3 is 3.04 bits per heavy atom. The van der Waals surface area contributed by atoms with Crippen molar-refractivity contribution in [3.05, 3.63) is 53.6 Å². The molecule has 3 aromatic rings. The van der Waals surface area contributed by atoms with Gasteiger partial charge in [-0.3, -0.25) is 0 Å². The molecule has 0 unspecified atom stereocenters. The van der Waals surface area contributed by atoms with Crippen LogP contribution in [-0.2, 0) is 18.5 Å². The molecule has 1 fully saturated rings. The number of nitrogens with one attached hydrogen (secondary N) is 1. The topological polar surface area (TPSA) is 84.6 Å². The number of hydrogen-bond acceptors (Lipinski definition) is 5. The summed E-state index contributed by atoms with van der Waals surface area (Å²) < 4.78 is 6.98. The number of methoxy groups -OCH3 is 1. The quantitative estimate of drug-likeness (QED) is 0.767. The molecule has 0 saturated heterocycles. The first kappa shape index (κ1) is 16.0. The molecule has 8 nitrogen and oxygen atoms in total. The molecule has 2 amide bonds. The zero-order chi connectivity index (χ0) is 18.4. The number of amides is 2. The SMILES string of the molecule is COc1ccc2c(c1)C1(CC1)CN(C(=O)NCc1nc3ncccn3n1)C2. The van der Waals surface area contributed by atoms with Crippen molar-refractivity contribution in [2.75, 3.05) is 13.7 Å². The van der Waals surface area contributed by atoms with Crippen molar-refractivity contribution in [1.29, 1.82) is 0 Å². The molecule has 2 aromatic heterocycles. The number of carbonyl (C=O) groups excluding carboxylic acids is 1. The summed E-state index contributed by atoms with van der Waals surface area (Å²) in [4.78, 5) is 23.1. The van der Waals surface area contributed by atoms with Crippen LogP contribution in [0.1, 0.15) is 29.8 Å². The van der Waals surface area contributed by atoms with Crippen LogP contribution in [0.5, 0.6) is 5.75 Å². The van der Waals surface area contributed by atoms with Crippen molar-refractivity contribution in [3.8, 4) is 5.75 Å². The molecule has 1 N–H and O–H groups in total. The molecule has 5 rings (SSSR count). The minimum Gasteiger partial charge on any atom is -0.497 e. The van der Waals surface area contributed by atoms with Crippen LogP contribution in [0.25, 0.3) is 5.78 Å². The van der Waals surface area contributed by atoms with Crippen LogP contribution in [0.4, 0.5) is 4.79 Å². The lowest BCUT2D eigenvalue weighted by Crippen LogP contribution is -2.46. The molecular formula is C19H20N6O2. The zero-order valence-electron chi connectivity index (χ0n) is 15.1. The van der Waals surface area contributed by atoms with E-state index in [0.717, 1.165) is 25.1 Å². The summed E-state index contributed by atoms with van der Waals surface area (Å²) in [5.41, 5.74) is 2.62. The lowest BCUT2D eigenvalue weighted by molar-refractivity contribution is 0.182. The first-order valence-corrected chi connectivity index (χ1v) is 9.03. The molecule has 2 aliphatic rings. The Morgan fingerprint density at radius 2 is 2.26 bits per heavy atom. The van der Waals surface area contributed by atoms with Gasteiger partial charge in [-0.1, -0.05) is 6.07 Å². The minimum atomic E-state index is -0.0884. The van der Waals surface area contributed by atoms with E-state index in [1.54, 1.807) is 30.1 Å². The highest BCUT2D eigenvalue weighted by molar-refractivity contribution is 5.75. The van der Waals surface area contributed by atoms with Gasteiger partial charge in [-0.15, -0.1) is 5.10 Å². The summed E-state index contributed by atoms with van der Waals surface area (Å²) >= 11 is 0. The molecule has 27 heavy (non-hydrogen) atoms. The van der Waals surface area contributed by atoms with E-state index in [2.05, 4.69) is 32.5 Å². The van der Waals surface area contributed by atoms with Gasteiger partial charge in [-0.25, -0.2) is 14.3 Å². The van der Waals surface area contributed by atoms with Gasteiger partial charge in [0, 0.05) is 30.9 Å². The van der Waals surface area contributed by atoms with Gasteiger partial charge in [0.15, 0.2) is 5.82 Å². The van der Waals surface area contributed by atoms with E-state index in [4.69, 9.17) is 4.74 Å². The second kappa shape index (κ2) is 5.94. The van der Waals surface area contributed by atoms with Gasteiger partial charge in [0.2, 0.25) is 0 Å². The van der Waals surface area contributed by atoms with Gasteiger partial charge in [0.25, 0.3) is 5.78 Å². The van der Waals surface area contributed by atoms with Crippen LogP contribution >= 0.6 is 0 Å². The van der Waals surface area contributed by atoms with Crippen LogP contribution < -0.4 is 10.1 Å². The Kier molecular flexibility index (Phi) is 3.53. The summed E-state index contributed by atoms with van der Waals surface area (Å²) in [6.45, 7) is 1.62. The fourth-order valence-electron chi connectivity index (χ4n) is 3.87. The number of hydrogen-bond donors (Lipinski definition) is 1. The number of fused-ring (bicyclic) bond motifs is 3. The van der Waals surface area contributed by atoms with E-state index in [9.17, 15) is 4.79 Å². The first-order valence-electron chi connectivity index (χ1n) is 9.03.